The Balaban J connectivity index is 1.29. The fourth-order valence-corrected chi connectivity index (χ4v) is 11.1. The third-order valence-corrected chi connectivity index (χ3v) is 22.7. The lowest BCUT2D eigenvalue weighted by Gasteiger charge is -2.41. The molecule has 60 heavy (non-hydrogen) atoms. The van der Waals surface area contributed by atoms with E-state index in [0.29, 0.717) is 0 Å². The first kappa shape index (κ1) is 44.8. The number of nitrogens with zero attached hydrogens (tertiary/aromatic N) is 6. The molecule has 0 amide bonds. The number of fused-ring (bicyclic) bond motifs is 4. The zero-order valence-corrected chi connectivity index (χ0v) is 38.5. The molecule has 7 N–H and O–H groups in total. The minimum Gasteiger partial charge on any atom is -0.756 e. The molecule has 2 unspecified atom stereocenters. The normalized spacial score (nSPS) is 32.5. The Labute approximate surface area is 345 Å². The molecular weight excluding hydrogens is 867 g/mol. The Morgan fingerprint density at radius 2 is 1.17 bits per heavy atom. The van der Waals surface area contributed by atoms with Crippen molar-refractivity contribution in [2.24, 2.45) is 0 Å². The average molecular weight is 918 g/mol. The predicted molar refractivity (Wildman–Crippen MR) is 216 cm³/mol. The highest BCUT2D eigenvalue weighted by Gasteiger charge is 2.57. The highest BCUT2D eigenvalue weighted by molar-refractivity contribution is 7.47. The maximum atomic E-state index is 14.1. The standard InChI is InChI=1S/C32H52N10O14P2Si2/c1-31(2,3)59(7,8)55-21-19-15(51-27(21)41-13-35-17-23(41)37-29(33)39-25(17)43)11-49-58(47,48)54-20-16(12-50-57(45,46)53-19)52-28(22(20)56-60(9,10)32(4,5)6)42-14-36-18-24(42)38-30(34)40-26(18)44/h13-16,19-22,27-28H,11-12H2,1-10H3,(H,45,46)(H,47,48)(H3,33,37,39,43)(H3,34,38,40,44)/p-1/t15-,16-,19-,20-,21-,22-,27-,28-/m1/s1. The third kappa shape index (κ3) is 8.47. The summed E-state index contributed by atoms with van der Waals surface area (Å²) in [5.41, 5.74) is 10.3. The Hall–Kier alpha value is -3.21. The van der Waals surface area contributed by atoms with Crippen molar-refractivity contribution < 1.29 is 55.3 Å². The smallest absolute Gasteiger partial charge is 0.472 e. The summed E-state index contributed by atoms with van der Waals surface area (Å²) in [6.07, 6.45) is -8.59. The number of H-pyrrole nitrogens is 2. The Morgan fingerprint density at radius 3 is 1.58 bits per heavy atom. The van der Waals surface area contributed by atoms with E-state index in [4.69, 9.17) is 47.9 Å². The number of imidazole rings is 2. The molecule has 0 spiro atoms. The lowest BCUT2D eigenvalue weighted by atomic mass is 10.1. The first-order valence-electron chi connectivity index (χ1n) is 19.0. The first-order chi connectivity index (χ1) is 27.6. The number of rotatable bonds is 6. The summed E-state index contributed by atoms with van der Waals surface area (Å²) in [4.78, 5) is 72.5. The molecule has 0 aliphatic carbocycles. The van der Waals surface area contributed by atoms with Gasteiger partial charge in [0.25, 0.3) is 18.9 Å². The van der Waals surface area contributed by atoms with Crippen molar-refractivity contribution in [3.05, 3.63) is 33.4 Å². The van der Waals surface area contributed by atoms with Crippen LogP contribution in [0.15, 0.2) is 22.2 Å². The van der Waals surface area contributed by atoms with Gasteiger partial charge in [0.2, 0.25) is 11.9 Å². The maximum Gasteiger partial charge on any atom is 0.472 e. The van der Waals surface area contributed by atoms with Crippen LogP contribution in [0.1, 0.15) is 54.0 Å². The molecule has 3 fully saturated rings. The van der Waals surface area contributed by atoms with E-state index >= 15 is 0 Å². The van der Waals surface area contributed by atoms with Gasteiger partial charge in [-0.25, -0.2) is 14.5 Å². The van der Waals surface area contributed by atoms with E-state index in [1.54, 1.807) is 0 Å². The minimum absolute atomic E-state index is 0.00922. The molecule has 28 heteroatoms. The minimum atomic E-state index is -5.38. The van der Waals surface area contributed by atoms with Crippen LogP contribution in [0.3, 0.4) is 0 Å². The molecule has 3 aliphatic rings. The summed E-state index contributed by atoms with van der Waals surface area (Å²) in [5, 5.41) is -0.847. The quantitative estimate of drug-likeness (QED) is 0.137. The van der Waals surface area contributed by atoms with Crippen LogP contribution in [-0.4, -0.2) is 110 Å². The molecule has 3 aliphatic heterocycles. The fraction of sp³-hybridized carbons (Fsp3) is 0.688. The second-order valence-electron chi connectivity index (χ2n) is 18.0. The molecule has 332 valence electrons. The number of nitrogen functional groups attached to an aromatic ring is 2. The molecule has 7 heterocycles. The van der Waals surface area contributed by atoms with Crippen molar-refractivity contribution in [2.75, 3.05) is 24.7 Å². The van der Waals surface area contributed by atoms with E-state index in [1.807, 2.05) is 67.7 Å². The van der Waals surface area contributed by atoms with Gasteiger partial charge >= 0.3 is 7.82 Å². The first-order valence-corrected chi connectivity index (χ1v) is 27.8. The summed E-state index contributed by atoms with van der Waals surface area (Å²) in [7, 11) is -16.2. The van der Waals surface area contributed by atoms with Crippen molar-refractivity contribution in [1.82, 2.24) is 39.0 Å². The SMILES string of the molecule is CC(C)(C)[Si](C)(C)O[C@@H]1[C@@H]2OP(=O)([O-])OC[C@H]3O[C@@H](n4cnc5c(=O)[nH]c(N)nc54)[C@H](O[Si](C)(C)C(C)(C)C)[C@@H]3OP(=O)(O)OC[C@H]2O[C@H]1n1cnc2c(=O)[nH]c(N)nc21. The lowest BCUT2D eigenvalue weighted by molar-refractivity contribution is -0.236. The van der Waals surface area contributed by atoms with Gasteiger partial charge in [-0.1, -0.05) is 41.5 Å². The van der Waals surface area contributed by atoms with Gasteiger partial charge in [-0.05, 0) is 36.3 Å². The van der Waals surface area contributed by atoms with Crippen LogP contribution >= 0.6 is 15.6 Å². The summed E-state index contributed by atoms with van der Waals surface area (Å²) in [5.74, 6) is -0.448. The number of ether oxygens (including phenoxy) is 2. The third-order valence-electron chi connectivity index (χ3n) is 11.8. The van der Waals surface area contributed by atoms with Gasteiger partial charge in [0.1, 0.15) is 36.6 Å². The number of nitrogens with one attached hydrogen (secondary N) is 2. The van der Waals surface area contributed by atoms with E-state index < -0.39 is 116 Å². The van der Waals surface area contributed by atoms with Gasteiger partial charge in [-0.2, -0.15) is 9.97 Å². The van der Waals surface area contributed by atoms with Crippen molar-refractivity contribution in [3.8, 4) is 0 Å². The number of aromatic nitrogens is 8. The van der Waals surface area contributed by atoms with Gasteiger partial charge in [0, 0.05) is 0 Å². The van der Waals surface area contributed by atoms with E-state index in [-0.39, 0.29) is 34.2 Å². The highest BCUT2D eigenvalue weighted by Crippen LogP contribution is 2.55. The van der Waals surface area contributed by atoms with E-state index in [1.165, 1.54) is 21.8 Å². The summed E-state index contributed by atoms with van der Waals surface area (Å²) in [6, 6.07) is 0. The van der Waals surface area contributed by atoms with Crippen molar-refractivity contribution >= 4 is 66.5 Å². The summed E-state index contributed by atoms with van der Waals surface area (Å²) < 4.78 is 79.9. The molecule has 7 rings (SSSR count). The molecule has 3 saturated heterocycles. The monoisotopic (exact) mass is 917 g/mol. The van der Waals surface area contributed by atoms with E-state index in [0.717, 1.165) is 0 Å². The topological polar surface area (TPSA) is 330 Å². The Kier molecular flexibility index (Phi) is 11.4. The molecule has 0 bridgehead atoms. The van der Waals surface area contributed by atoms with Crippen LogP contribution in [0.2, 0.25) is 36.3 Å². The zero-order chi connectivity index (χ0) is 44.1. The summed E-state index contributed by atoms with van der Waals surface area (Å²) in [6.45, 7) is 17.9. The number of phosphoric ester groups is 2. The van der Waals surface area contributed by atoms with Crippen molar-refractivity contribution in [3.63, 3.8) is 0 Å². The Bertz CT molecular complexity index is 2330. The second-order valence-corrected chi connectivity index (χ2v) is 30.3. The van der Waals surface area contributed by atoms with Crippen LogP contribution in [0, 0.1) is 0 Å². The molecular formula is C32H51N10O14P2Si2-. The number of anilines is 2. The van der Waals surface area contributed by atoms with Crippen LogP contribution in [0.25, 0.3) is 22.3 Å². The molecule has 24 nitrogen and oxygen atoms in total. The van der Waals surface area contributed by atoms with Gasteiger partial charge in [-0.3, -0.25) is 42.3 Å². The van der Waals surface area contributed by atoms with Gasteiger partial charge in [-0.15, -0.1) is 0 Å². The zero-order valence-electron chi connectivity index (χ0n) is 34.7. The second kappa shape index (κ2) is 15.3. The molecule has 0 saturated carbocycles. The van der Waals surface area contributed by atoms with Gasteiger partial charge in [0.05, 0.1) is 25.9 Å². The molecule has 4 aromatic rings. The maximum absolute atomic E-state index is 14.1. The largest absolute Gasteiger partial charge is 0.756 e. The summed E-state index contributed by atoms with van der Waals surface area (Å²) >= 11 is 0. The number of nitrogens with two attached hydrogens (primary N) is 2. The van der Waals surface area contributed by atoms with Crippen molar-refractivity contribution in [1.29, 1.82) is 0 Å². The van der Waals surface area contributed by atoms with Crippen LogP contribution in [-0.2, 0) is 45.6 Å². The average Bonchev–Trinajstić information content (AvgIpc) is 3.86. The number of aromatic amines is 2. The van der Waals surface area contributed by atoms with Crippen molar-refractivity contribution in [2.45, 2.75) is 127 Å². The Morgan fingerprint density at radius 1 is 0.767 bits per heavy atom. The van der Waals surface area contributed by atoms with Crippen LogP contribution in [0.5, 0.6) is 0 Å². The predicted octanol–water partition coefficient (Wildman–Crippen LogP) is 2.38. The number of hydrogen-bond acceptors (Lipinski definition) is 19. The molecule has 4 aromatic heterocycles. The van der Waals surface area contributed by atoms with Gasteiger partial charge in [0.15, 0.2) is 51.4 Å². The number of hydrogen-bond donors (Lipinski definition) is 5. The van der Waals surface area contributed by atoms with Gasteiger partial charge < -0.3 is 48.6 Å². The van der Waals surface area contributed by atoms with E-state index in [2.05, 4.69) is 29.9 Å². The van der Waals surface area contributed by atoms with E-state index in [9.17, 15) is 28.5 Å². The molecule has 0 aromatic carbocycles. The lowest BCUT2D eigenvalue weighted by Crippen LogP contribution is -2.50. The number of phosphoric acid groups is 2. The molecule has 0 radical (unpaired) electrons. The highest BCUT2D eigenvalue weighted by atomic mass is 31.2. The molecule has 10 atom stereocenters. The van der Waals surface area contributed by atoms with Crippen LogP contribution < -0.4 is 27.5 Å². The fourth-order valence-electron chi connectivity index (χ4n) is 6.63. The van der Waals surface area contributed by atoms with Crippen LogP contribution in [0.4, 0.5) is 11.9 Å².